The van der Waals surface area contributed by atoms with Gasteiger partial charge in [0.05, 0.1) is 17.0 Å². The average molecular weight is 341 g/mol. The van der Waals surface area contributed by atoms with Gasteiger partial charge in [0, 0.05) is 44.7 Å². The van der Waals surface area contributed by atoms with Crippen LogP contribution in [0.4, 0.5) is 0 Å². The van der Waals surface area contributed by atoms with E-state index >= 15 is 0 Å². The van der Waals surface area contributed by atoms with E-state index in [0.29, 0.717) is 12.5 Å². The largest absolute Gasteiger partial charge is 0.310 e. The van der Waals surface area contributed by atoms with Crippen LogP contribution in [0.25, 0.3) is 0 Å². The van der Waals surface area contributed by atoms with Crippen LogP contribution in [-0.2, 0) is 26.6 Å². The summed E-state index contributed by atoms with van der Waals surface area (Å²) in [6.45, 7) is 4.44. The fourth-order valence-electron chi connectivity index (χ4n) is 4.15. The molecule has 134 valence electrons. The van der Waals surface area contributed by atoms with Crippen LogP contribution in [0.5, 0.6) is 0 Å². The SMILES string of the molecule is Cc1cc(CN2CCc3nc(C4CCCCC4)[nH]c(=O)c3C2)nn1C. The fourth-order valence-corrected chi connectivity index (χ4v) is 4.15. The zero-order valence-electron chi connectivity index (χ0n) is 15.2. The van der Waals surface area contributed by atoms with Crippen molar-refractivity contribution in [1.82, 2.24) is 24.6 Å². The lowest BCUT2D eigenvalue weighted by Gasteiger charge is -2.28. The number of fused-ring (bicyclic) bond motifs is 1. The molecule has 0 amide bonds. The molecule has 3 heterocycles. The van der Waals surface area contributed by atoms with Crippen molar-refractivity contribution < 1.29 is 0 Å². The van der Waals surface area contributed by atoms with Crippen LogP contribution in [-0.4, -0.2) is 31.2 Å². The molecule has 0 spiro atoms. The van der Waals surface area contributed by atoms with Crippen molar-refractivity contribution in [3.63, 3.8) is 0 Å². The maximum absolute atomic E-state index is 12.6. The van der Waals surface area contributed by atoms with E-state index in [-0.39, 0.29) is 5.56 Å². The van der Waals surface area contributed by atoms with Gasteiger partial charge in [-0.3, -0.25) is 14.4 Å². The molecule has 0 saturated heterocycles. The lowest BCUT2D eigenvalue weighted by atomic mass is 9.88. The number of hydrogen-bond donors (Lipinski definition) is 1. The van der Waals surface area contributed by atoms with Gasteiger partial charge in [-0.05, 0) is 25.8 Å². The lowest BCUT2D eigenvalue weighted by Crippen LogP contribution is -2.36. The molecule has 25 heavy (non-hydrogen) atoms. The normalized spacial score (nSPS) is 19.1. The van der Waals surface area contributed by atoms with Crippen LogP contribution in [0.15, 0.2) is 10.9 Å². The Balaban J connectivity index is 1.52. The molecule has 2 aromatic rings. The summed E-state index contributed by atoms with van der Waals surface area (Å²) in [5.41, 5.74) is 4.14. The smallest absolute Gasteiger partial charge is 0.255 e. The van der Waals surface area contributed by atoms with Crippen LogP contribution >= 0.6 is 0 Å². The molecule has 1 N–H and O–H groups in total. The maximum atomic E-state index is 12.6. The van der Waals surface area contributed by atoms with Gasteiger partial charge >= 0.3 is 0 Å². The van der Waals surface area contributed by atoms with Crippen molar-refractivity contribution in [1.29, 1.82) is 0 Å². The van der Waals surface area contributed by atoms with Gasteiger partial charge < -0.3 is 4.98 Å². The van der Waals surface area contributed by atoms with E-state index in [0.717, 1.165) is 60.8 Å². The second kappa shape index (κ2) is 6.75. The van der Waals surface area contributed by atoms with Gasteiger partial charge in [-0.25, -0.2) is 4.98 Å². The Hall–Kier alpha value is -1.95. The average Bonchev–Trinajstić information content (AvgIpc) is 2.93. The summed E-state index contributed by atoms with van der Waals surface area (Å²) in [6, 6.07) is 2.12. The Labute approximate surface area is 148 Å². The number of aromatic amines is 1. The van der Waals surface area contributed by atoms with Gasteiger partial charge in [0.15, 0.2) is 0 Å². The van der Waals surface area contributed by atoms with Gasteiger partial charge in [0.25, 0.3) is 5.56 Å². The van der Waals surface area contributed by atoms with E-state index < -0.39 is 0 Å². The van der Waals surface area contributed by atoms with Gasteiger partial charge in [0.1, 0.15) is 5.82 Å². The summed E-state index contributed by atoms with van der Waals surface area (Å²) in [5.74, 6) is 1.37. The number of nitrogens with one attached hydrogen (secondary N) is 1. The molecule has 0 bridgehead atoms. The van der Waals surface area contributed by atoms with Crippen LogP contribution in [0.1, 0.15) is 66.5 Å². The minimum absolute atomic E-state index is 0.0625. The van der Waals surface area contributed by atoms with E-state index in [9.17, 15) is 4.79 Å². The first-order chi connectivity index (χ1) is 12.1. The first kappa shape index (κ1) is 16.5. The van der Waals surface area contributed by atoms with Crippen molar-refractivity contribution in [2.24, 2.45) is 7.05 Å². The zero-order chi connectivity index (χ0) is 17.4. The molecule has 0 radical (unpaired) electrons. The Bertz CT molecular complexity index is 796. The molecule has 0 aromatic carbocycles. The Morgan fingerprint density at radius 3 is 2.80 bits per heavy atom. The van der Waals surface area contributed by atoms with Crippen LogP contribution in [0.3, 0.4) is 0 Å². The number of nitrogens with zero attached hydrogens (tertiary/aromatic N) is 4. The number of hydrogen-bond acceptors (Lipinski definition) is 4. The van der Waals surface area contributed by atoms with E-state index in [2.05, 4.69) is 28.0 Å². The van der Waals surface area contributed by atoms with Crippen molar-refractivity contribution in [2.45, 2.75) is 64.5 Å². The van der Waals surface area contributed by atoms with E-state index in [1.54, 1.807) is 0 Å². The second-order valence-electron chi connectivity index (χ2n) is 7.57. The van der Waals surface area contributed by atoms with Crippen molar-refractivity contribution in [3.8, 4) is 0 Å². The fraction of sp³-hybridized carbons (Fsp3) is 0.632. The third kappa shape index (κ3) is 3.40. The Kier molecular flexibility index (Phi) is 4.46. The number of H-pyrrole nitrogens is 1. The van der Waals surface area contributed by atoms with E-state index in [1.165, 1.54) is 19.3 Å². The zero-order valence-corrected chi connectivity index (χ0v) is 15.2. The molecule has 0 atom stereocenters. The molecule has 6 heteroatoms. The first-order valence-corrected chi connectivity index (χ1v) is 9.44. The molecule has 1 aliphatic heterocycles. The first-order valence-electron chi connectivity index (χ1n) is 9.44. The highest BCUT2D eigenvalue weighted by Gasteiger charge is 2.24. The van der Waals surface area contributed by atoms with Gasteiger partial charge in [-0.1, -0.05) is 19.3 Å². The predicted octanol–water partition coefficient (Wildman–Crippen LogP) is 2.42. The molecule has 1 aliphatic carbocycles. The molecular formula is C19H27N5O. The van der Waals surface area contributed by atoms with E-state index in [4.69, 9.17) is 4.98 Å². The minimum atomic E-state index is 0.0625. The molecule has 1 saturated carbocycles. The van der Waals surface area contributed by atoms with Crippen molar-refractivity contribution in [2.75, 3.05) is 6.54 Å². The van der Waals surface area contributed by atoms with Crippen LogP contribution in [0, 0.1) is 6.92 Å². The lowest BCUT2D eigenvalue weighted by molar-refractivity contribution is 0.237. The van der Waals surface area contributed by atoms with Gasteiger partial charge in [-0.2, -0.15) is 5.10 Å². The second-order valence-corrected chi connectivity index (χ2v) is 7.57. The van der Waals surface area contributed by atoms with Crippen LogP contribution in [0.2, 0.25) is 0 Å². The molecular weight excluding hydrogens is 314 g/mol. The highest BCUT2D eigenvalue weighted by molar-refractivity contribution is 5.22. The predicted molar refractivity (Wildman–Crippen MR) is 96.4 cm³/mol. The summed E-state index contributed by atoms with van der Waals surface area (Å²) in [4.78, 5) is 22.9. The molecule has 0 unspecified atom stereocenters. The van der Waals surface area contributed by atoms with Gasteiger partial charge in [-0.15, -0.1) is 0 Å². The van der Waals surface area contributed by atoms with Crippen LogP contribution < -0.4 is 5.56 Å². The van der Waals surface area contributed by atoms with Gasteiger partial charge in [0.2, 0.25) is 0 Å². The molecule has 4 rings (SSSR count). The quantitative estimate of drug-likeness (QED) is 0.931. The Morgan fingerprint density at radius 1 is 1.28 bits per heavy atom. The summed E-state index contributed by atoms with van der Waals surface area (Å²) in [6.07, 6.45) is 6.99. The summed E-state index contributed by atoms with van der Waals surface area (Å²) in [7, 11) is 1.96. The molecule has 6 nitrogen and oxygen atoms in total. The molecule has 2 aliphatic rings. The number of aromatic nitrogens is 4. The number of rotatable bonds is 3. The molecule has 2 aromatic heterocycles. The van der Waals surface area contributed by atoms with E-state index in [1.807, 2.05) is 11.7 Å². The minimum Gasteiger partial charge on any atom is -0.310 e. The Morgan fingerprint density at radius 2 is 2.08 bits per heavy atom. The third-order valence-electron chi connectivity index (χ3n) is 5.71. The summed E-state index contributed by atoms with van der Waals surface area (Å²) < 4.78 is 1.90. The molecule has 1 fully saturated rings. The van der Waals surface area contributed by atoms with Crippen molar-refractivity contribution in [3.05, 3.63) is 44.9 Å². The monoisotopic (exact) mass is 341 g/mol. The highest BCUT2D eigenvalue weighted by atomic mass is 16.1. The van der Waals surface area contributed by atoms with Crippen molar-refractivity contribution >= 4 is 0 Å². The maximum Gasteiger partial charge on any atom is 0.255 e. The third-order valence-corrected chi connectivity index (χ3v) is 5.71. The summed E-state index contributed by atoms with van der Waals surface area (Å²) in [5, 5.41) is 4.53. The highest BCUT2D eigenvalue weighted by Crippen LogP contribution is 2.30. The topological polar surface area (TPSA) is 66.8 Å². The summed E-state index contributed by atoms with van der Waals surface area (Å²) >= 11 is 0. The number of aryl methyl sites for hydroxylation is 2. The standard InChI is InChI=1S/C19H27N5O/c1-13-10-15(22-23(13)2)11-24-9-8-17-16(12-24)19(25)21-18(20-17)14-6-4-3-5-7-14/h10,14H,3-9,11-12H2,1-2H3,(H,20,21,25).